The van der Waals surface area contributed by atoms with Gasteiger partial charge in [0.25, 0.3) is 0 Å². The maximum Gasteiger partial charge on any atom is 0.159 e. The van der Waals surface area contributed by atoms with Crippen LogP contribution in [0.4, 0.5) is 13.2 Å². The highest BCUT2D eigenvalue weighted by atomic mass is 19.2. The summed E-state index contributed by atoms with van der Waals surface area (Å²) in [5.74, 6) is 3.64. The first-order chi connectivity index (χ1) is 16.5. The van der Waals surface area contributed by atoms with Crippen molar-refractivity contribution in [3.05, 3.63) is 118 Å². The van der Waals surface area contributed by atoms with Crippen LogP contribution in [0, 0.1) is 29.3 Å². The first-order valence-corrected chi connectivity index (χ1v) is 11.8. The van der Waals surface area contributed by atoms with E-state index in [9.17, 15) is 13.2 Å². The Balaban J connectivity index is 1.39. The lowest BCUT2D eigenvalue weighted by atomic mass is 10.0. The van der Waals surface area contributed by atoms with Gasteiger partial charge in [-0.3, -0.25) is 0 Å². The van der Waals surface area contributed by atoms with Gasteiger partial charge in [-0.2, -0.15) is 0 Å². The van der Waals surface area contributed by atoms with Crippen LogP contribution in [0.1, 0.15) is 54.0 Å². The Labute approximate surface area is 199 Å². The first kappa shape index (κ1) is 23.6. The summed E-state index contributed by atoms with van der Waals surface area (Å²) in [6, 6.07) is 21.2. The molecule has 4 aromatic carbocycles. The predicted molar refractivity (Wildman–Crippen MR) is 133 cm³/mol. The van der Waals surface area contributed by atoms with Crippen molar-refractivity contribution in [1.29, 1.82) is 0 Å². The maximum absolute atomic E-state index is 14.6. The topological polar surface area (TPSA) is 0 Å². The molecule has 0 aliphatic heterocycles. The molecular weight excluding hydrogens is 429 g/mol. The fourth-order valence-electron chi connectivity index (χ4n) is 4.02. The fraction of sp³-hybridized carbons (Fsp3) is 0.226. The van der Waals surface area contributed by atoms with Gasteiger partial charge in [0.1, 0.15) is 5.82 Å². The number of hydrogen-bond donors (Lipinski definition) is 0. The Morgan fingerprint density at radius 1 is 0.559 bits per heavy atom. The largest absolute Gasteiger partial charge is 0.206 e. The van der Waals surface area contributed by atoms with Crippen LogP contribution < -0.4 is 0 Å². The number of rotatable bonds is 7. The summed E-state index contributed by atoms with van der Waals surface area (Å²) in [4.78, 5) is 0. The van der Waals surface area contributed by atoms with E-state index in [-0.39, 0.29) is 5.82 Å². The van der Waals surface area contributed by atoms with Gasteiger partial charge in [-0.15, -0.1) is 0 Å². The van der Waals surface area contributed by atoms with Gasteiger partial charge in [-0.1, -0.05) is 68.0 Å². The molecule has 0 nitrogen and oxygen atoms in total. The molecule has 0 fully saturated rings. The summed E-state index contributed by atoms with van der Waals surface area (Å²) in [7, 11) is 0. The molecule has 0 atom stereocenters. The van der Waals surface area contributed by atoms with Crippen molar-refractivity contribution in [3.63, 3.8) is 0 Å². The molecule has 0 saturated heterocycles. The SMILES string of the molecule is CCCCCc1ccc(CCc2ccc(C#Cc3ccc4cc(F)c(F)cc4c3)c(F)c2)cc1. The van der Waals surface area contributed by atoms with Gasteiger partial charge in [0.15, 0.2) is 11.6 Å². The van der Waals surface area contributed by atoms with Crippen molar-refractivity contribution >= 4 is 10.8 Å². The summed E-state index contributed by atoms with van der Waals surface area (Å²) in [6.07, 6.45) is 6.45. The second-order valence-electron chi connectivity index (χ2n) is 8.67. The molecule has 4 aromatic rings. The summed E-state index contributed by atoms with van der Waals surface area (Å²) >= 11 is 0. The van der Waals surface area contributed by atoms with Gasteiger partial charge >= 0.3 is 0 Å². The molecule has 0 radical (unpaired) electrons. The standard InChI is InChI=1S/C31H27F3/c1-2-3-4-5-22-6-8-23(9-7-22)10-11-25-13-16-26(29(32)19-25)15-12-24-14-17-27-20-30(33)31(34)21-28(27)18-24/h6-9,13-14,16-21H,2-5,10-11H2,1H3. The Morgan fingerprint density at radius 3 is 1.91 bits per heavy atom. The Morgan fingerprint density at radius 2 is 1.21 bits per heavy atom. The lowest BCUT2D eigenvalue weighted by molar-refractivity contribution is 0.511. The maximum atomic E-state index is 14.6. The Hall–Kier alpha value is -3.51. The van der Waals surface area contributed by atoms with Crippen LogP contribution in [0.2, 0.25) is 0 Å². The van der Waals surface area contributed by atoms with Crippen LogP contribution in [0.3, 0.4) is 0 Å². The van der Waals surface area contributed by atoms with Crippen molar-refractivity contribution in [3.8, 4) is 11.8 Å². The molecule has 0 N–H and O–H groups in total. The summed E-state index contributed by atoms with van der Waals surface area (Å²) in [6.45, 7) is 2.21. The molecule has 0 saturated carbocycles. The van der Waals surface area contributed by atoms with Crippen molar-refractivity contribution in [1.82, 2.24) is 0 Å². The van der Waals surface area contributed by atoms with E-state index in [0.29, 0.717) is 21.9 Å². The number of aryl methyl sites for hydroxylation is 3. The summed E-state index contributed by atoms with van der Waals surface area (Å²) in [5, 5.41) is 1.14. The average molecular weight is 457 g/mol. The zero-order valence-corrected chi connectivity index (χ0v) is 19.3. The lowest BCUT2D eigenvalue weighted by Gasteiger charge is -2.06. The van der Waals surface area contributed by atoms with Gasteiger partial charge in [-0.05, 0) is 89.5 Å². The third-order valence-corrected chi connectivity index (χ3v) is 6.05. The van der Waals surface area contributed by atoms with Gasteiger partial charge in [0.05, 0.1) is 5.56 Å². The van der Waals surface area contributed by atoms with E-state index < -0.39 is 11.6 Å². The quantitative estimate of drug-likeness (QED) is 0.194. The highest BCUT2D eigenvalue weighted by molar-refractivity contribution is 5.84. The number of hydrogen-bond acceptors (Lipinski definition) is 0. The molecule has 3 heteroatoms. The van der Waals surface area contributed by atoms with E-state index in [0.717, 1.165) is 37.0 Å². The van der Waals surface area contributed by atoms with E-state index in [1.165, 1.54) is 30.4 Å². The highest BCUT2D eigenvalue weighted by Gasteiger charge is 2.05. The third kappa shape index (κ3) is 6.08. The Kier molecular flexibility index (Phi) is 7.70. The van der Waals surface area contributed by atoms with Crippen LogP contribution in [0.25, 0.3) is 10.8 Å². The van der Waals surface area contributed by atoms with Crippen LogP contribution in [-0.4, -0.2) is 0 Å². The summed E-state index contributed by atoms with van der Waals surface area (Å²) < 4.78 is 41.5. The van der Waals surface area contributed by atoms with E-state index in [2.05, 4.69) is 43.0 Å². The van der Waals surface area contributed by atoms with Crippen molar-refractivity contribution in [2.24, 2.45) is 0 Å². The second kappa shape index (κ2) is 11.1. The minimum Gasteiger partial charge on any atom is -0.206 e. The van der Waals surface area contributed by atoms with E-state index in [4.69, 9.17) is 0 Å². The van der Waals surface area contributed by atoms with Crippen LogP contribution in [0.5, 0.6) is 0 Å². The van der Waals surface area contributed by atoms with E-state index in [1.807, 2.05) is 6.07 Å². The van der Waals surface area contributed by atoms with Gasteiger partial charge in [-0.25, -0.2) is 13.2 Å². The molecule has 0 amide bonds. The number of halogens is 3. The predicted octanol–water partition coefficient (Wildman–Crippen LogP) is 8.17. The van der Waals surface area contributed by atoms with E-state index >= 15 is 0 Å². The van der Waals surface area contributed by atoms with Crippen LogP contribution in [-0.2, 0) is 19.3 Å². The van der Waals surface area contributed by atoms with Gasteiger partial charge in [0.2, 0.25) is 0 Å². The fourth-order valence-corrected chi connectivity index (χ4v) is 4.02. The van der Waals surface area contributed by atoms with Crippen molar-refractivity contribution in [2.75, 3.05) is 0 Å². The summed E-state index contributed by atoms with van der Waals surface area (Å²) in [5.41, 5.74) is 4.47. The zero-order valence-electron chi connectivity index (χ0n) is 19.3. The average Bonchev–Trinajstić information content (AvgIpc) is 2.84. The van der Waals surface area contributed by atoms with Crippen LogP contribution in [0.15, 0.2) is 72.8 Å². The molecule has 0 bridgehead atoms. The Bertz CT molecular complexity index is 1340. The third-order valence-electron chi connectivity index (χ3n) is 6.05. The van der Waals surface area contributed by atoms with Gasteiger partial charge in [0, 0.05) is 5.56 Å². The first-order valence-electron chi connectivity index (χ1n) is 11.8. The minimum absolute atomic E-state index is 0.311. The van der Waals surface area contributed by atoms with Crippen molar-refractivity contribution < 1.29 is 13.2 Å². The number of unbranched alkanes of at least 4 members (excludes halogenated alkanes) is 2. The molecule has 0 heterocycles. The molecule has 172 valence electrons. The molecule has 4 rings (SSSR count). The van der Waals surface area contributed by atoms with Crippen molar-refractivity contribution in [2.45, 2.75) is 45.4 Å². The molecule has 0 unspecified atom stereocenters. The van der Waals surface area contributed by atoms with E-state index in [1.54, 1.807) is 30.3 Å². The minimum atomic E-state index is -0.901. The zero-order chi connectivity index (χ0) is 23.9. The number of benzene rings is 4. The lowest BCUT2D eigenvalue weighted by Crippen LogP contribution is -1.95. The molecular formula is C31H27F3. The molecule has 0 aliphatic rings. The smallest absolute Gasteiger partial charge is 0.159 e. The molecule has 0 spiro atoms. The normalized spacial score (nSPS) is 10.8. The monoisotopic (exact) mass is 456 g/mol. The number of fused-ring (bicyclic) bond motifs is 1. The van der Waals surface area contributed by atoms with Gasteiger partial charge < -0.3 is 0 Å². The highest BCUT2D eigenvalue weighted by Crippen LogP contribution is 2.20. The molecule has 34 heavy (non-hydrogen) atoms. The van der Waals surface area contributed by atoms with Crippen LogP contribution >= 0.6 is 0 Å². The second-order valence-corrected chi connectivity index (χ2v) is 8.67. The molecule has 0 aromatic heterocycles. The molecule has 0 aliphatic carbocycles.